The molecule has 5 heteroatoms. The minimum atomic E-state index is 0.486. The zero-order valence-electron chi connectivity index (χ0n) is 10.8. The number of aromatic nitrogens is 1. The Balaban J connectivity index is 2.33. The predicted octanol–water partition coefficient (Wildman–Crippen LogP) is 4.20. The van der Waals surface area contributed by atoms with Gasteiger partial charge < -0.3 is 10.2 Å². The van der Waals surface area contributed by atoms with Crippen molar-refractivity contribution in [2.75, 3.05) is 23.3 Å². The molecule has 0 amide bonds. The molecule has 0 aromatic carbocycles. The summed E-state index contributed by atoms with van der Waals surface area (Å²) in [6.07, 6.45) is 3.67. The molecular formula is C13H19Cl2N3. The third-order valence-electron chi connectivity index (χ3n) is 3.33. The minimum Gasteiger partial charge on any atom is -0.369 e. The first kappa shape index (κ1) is 13.8. The van der Waals surface area contributed by atoms with Crippen molar-refractivity contribution in [3.63, 3.8) is 0 Å². The van der Waals surface area contributed by atoms with E-state index in [1.165, 1.54) is 19.3 Å². The number of halogens is 2. The van der Waals surface area contributed by atoms with Crippen LogP contribution in [-0.2, 0) is 0 Å². The second-order valence-electron chi connectivity index (χ2n) is 4.69. The van der Waals surface area contributed by atoms with Crippen molar-refractivity contribution in [3.8, 4) is 0 Å². The van der Waals surface area contributed by atoms with Gasteiger partial charge >= 0.3 is 0 Å². The van der Waals surface area contributed by atoms with Crippen LogP contribution in [0.4, 0.5) is 11.6 Å². The normalized spacial score (nSPS) is 20.0. The average molecular weight is 288 g/mol. The van der Waals surface area contributed by atoms with Crippen LogP contribution in [0.2, 0.25) is 10.0 Å². The molecule has 0 spiro atoms. The van der Waals surface area contributed by atoms with Crippen molar-refractivity contribution >= 4 is 34.8 Å². The first-order chi connectivity index (χ1) is 8.63. The molecule has 0 bridgehead atoms. The number of piperidine rings is 1. The largest absolute Gasteiger partial charge is 0.369 e. The molecule has 1 aliphatic heterocycles. The van der Waals surface area contributed by atoms with E-state index in [0.29, 0.717) is 16.1 Å². The van der Waals surface area contributed by atoms with Crippen LogP contribution in [0, 0.1) is 0 Å². The van der Waals surface area contributed by atoms with Crippen LogP contribution < -0.4 is 10.2 Å². The Labute approximate surface area is 118 Å². The molecule has 2 rings (SSSR count). The molecule has 100 valence electrons. The molecule has 18 heavy (non-hydrogen) atoms. The van der Waals surface area contributed by atoms with Crippen LogP contribution in [0.1, 0.15) is 33.1 Å². The summed E-state index contributed by atoms with van der Waals surface area (Å²) in [5.41, 5.74) is 0. The maximum Gasteiger partial charge on any atom is 0.150 e. The van der Waals surface area contributed by atoms with E-state index >= 15 is 0 Å². The van der Waals surface area contributed by atoms with Gasteiger partial charge in [0.15, 0.2) is 0 Å². The summed E-state index contributed by atoms with van der Waals surface area (Å²) in [4.78, 5) is 6.87. The second-order valence-corrected chi connectivity index (χ2v) is 5.51. The molecule has 1 N–H and O–H groups in total. The Bertz CT molecular complexity index is 423. The number of pyridine rings is 1. The molecule has 3 nitrogen and oxygen atoms in total. The molecule has 1 unspecified atom stereocenters. The van der Waals surface area contributed by atoms with Crippen molar-refractivity contribution in [2.45, 2.75) is 39.2 Å². The molecule has 1 saturated heterocycles. The standard InChI is InChI=1S/C13H19Cl2N3/c1-3-16-12-10(14)8-11(15)13(17-12)18-7-5-4-6-9(18)2/h8-9H,3-7H2,1-2H3,(H,16,17). The lowest BCUT2D eigenvalue weighted by atomic mass is 10.0. The summed E-state index contributed by atoms with van der Waals surface area (Å²) in [6.45, 7) is 6.05. The fourth-order valence-corrected chi connectivity index (χ4v) is 2.90. The number of nitrogens with one attached hydrogen (secondary N) is 1. The molecule has 0 radical (unpaired) electrons. The van der Waals surface area contributed by atoms with Crippen molar-refractivity contribution < 1.29 is 0 Å². The maximum absolute atomic E-state index is 6.28. The quantitative estimate of drug-likeness (QED) is 0.903. The van der Waals surface area contributed by atoms with Gasteiger partial charge in [-0.15, -0.1) is 0 Å². The van der Waals surface area contributed by atoms with Crippen molar-refractivity contribution in [1.29, 1.82) is 0 Å². The number of rotatable bonds is 3. The van der Waals surface area contributed by atoms with Crippen LogP contribution in [0.3, 0.4) is 0 Å². The van der Waals surface area contributed by atoms with Gasteiger partial charge in [0.1, 0.15) is 11.6 Å². The fourth-order valence-electron chi connectivity index (χ4n) is 2.36. The van der Waals surface area contributed by atoms with E-state index in [9.17, 15) is 0 Å². The van der Waals surface area contributed by atoms with Crippen molar-refractivity contribution in [2.24, 2.45) is 0 Å². The van der Waals surface area contributed by atoms with E-state index in [1.54, 1.807) is 6.07 Å². The molecule has 1 aromatic rings. The molecule has 1 aromatic heterocycles. The van der Waals surface area contributed by atoms with E-state index < -0.39 is 0 Å². The minimum absolute atomic E-state index is 0.486. The van der Waals surface area contributed by atoms with Crippen LogP contribution in [0.25, 0.3) is 0 Å². The lowest BCUT2D eigenvalue weighted by Gasteiger charge is -2.35. The first-order valence-electron chi connectivity index (χ1n) is 6.50. The summed E-state index contributed by atoms with van der Waals surface area (Å²) in [5.74, 6) is 1.57. The van der Waals surface area contributed by atoms with Crippen LogP contribution in [-0.4, -0.2) is 24.1 Å². The predicted molar refractivity (Wildman–Crippen MR) is 79.1 cm³/mol. The summed E-state index contributed by atoms with van der Waals surface area (Å²) in [6, 6.07) is 2.27. The Morgan fingerprint density at radius 3 is 2.83 bits per heavy atom. The van der Waals surface area contributed by atoms with Gasteiger partial charge in [0.25, 0.3) is 0 Å². The van der Waals surface area contributed by atoms with Gasteiger partial charge in [0, 0.05) is 19.1 Å². The monoisotopic (exact) mass is 287 g/mol. The molecule has 0 saturated carbocycles. The highest BCUT2D eigenvalue weighted by molar-refractivity contribution is 6.37. The van der Waals surface area contributed by atoms with Crippen LogP contribution in [0.5, 0.6) is 0 Å². The molecule has 2 heterocycles. The van der Waals surface area contributed by atoms with E-state index in [-0.39, 0.29) is 0 Å². The third-order valence-corrected chi connectivity index (χ3v) is 3.90. The maximum atomic E-state index is 6.28. The number of anilines is 2. The van der Waals surface area contributed by atoms with E-state index in [0.717, 1.165) is 24.7 Å². The third kappa shape index (κ3) is 2.83. The lowest BCUT2D eigenvalue weighted by Crippen LogP contribution is -2.38. The van der Waals surface area contributed by atoms with Crippen molar-refractivity contribution in [1.82, 2.24) is 4.98 Å². The SMILES string of the molecule is CCNc1nc(N2CCCCC2C)c(Cl)cc1Cl. The summed E-state index contributed by atoms with van der Waals surface area (Å²) in [7, 11) is 0. The average Bonchev–Trinajstić information content (AvgIpc) is 2.34. The second kappa shape index (κ2) is 5.98. The molecule has 1 aliphatic rings. The Hall–Kier alpha value is -0.670. The van der Waals surface area contributed by atoms with Gasteiger partial charge in [-0.1, -0.05) is 23.2 Å². The van der Waals surface area contributed by atoms with Gasteiger partial charge in [-0.25, -0.2) is 4.98 Å². The highest BCUT2D eigenvalue weighted by atomic mass is 35.5. The summed E-state index contributed by atoms with van der Waals surface area (Å²) < 4.78 is 0. The number of hydrogen-bond donors (Lipinski definition) is 1. The van der Waals surface area contributed by atoms with Gasteiger partial charge in [0.05, 0.1) is 10.0 Å². The Morgan fingerprint density at radius 2 is 2.17 bits per heavy atom. The molecular weight excluding hydrogens is 269 g/mol. The fraction of sp³-hybridized carbons (Fsp3) is 0.615. The highest BCUT2D eigenvalue weighted by Gasteiger charge is 2.22. The summed E-state index contributed by atoms with van der Waals surface area (Å²) >= 11 is 12.4. The number of hydrogen-bond acceptors (Lipinski definition) is 3. The lowest BCUT2D eigenvalue weighted by molar-refractivity contribution is 0.481. The van der Waals surface area contributed by atoms with Crippen molar-refractivity contribution in [3.05, 3.63) is 16.1 Å². The smallest absolute Gasteiger partial charge is 0.150 e. The molecule has 1 fully saturated rings. The van der Waals surface area contributed by atoms with Gasteiger partial charge in [-0.3, -0.25) is 0 Å². The van der Waals surface area contributed by atoms with Gasteiger partial charge in [-0.05, 0) is 39.2 Å². The number of nitrogens with zero attached hydrogens (tertiary/aromatic N) is 2. The zero-order valence-corrected chi connectivity index (χ0v) is 12.4. The first-order valence-corrected chi connectivity index (χ1v) is 7.25. The summed E-state index contributed by atoms with van der Waals surface area (Å²) in [5, 5.41) is 4.38. The van der Waals surface area contributed by atoms with E-state index in [1.807, 2.05) is 6.92 Å². The van der Waals surface area contributed by atoms with Crippen LogP contribution >= 0.6 is 23.2 Å². The van der Waals surface area contributed by atoms with E-state index in [4.69, 9.17) is 23.2 Å². The van der Waals surface area contributed by atoms with Gasteiger partial charge in [-0.2, -0.15) is 0 Å². The van der Waals surface area contributed by atoms with Crippen LogP contribution in [0.15, 0.2) is 6.07 Å². The zero-order chi connectivity index (χ0) is 13.1. The Morgan fingerprint density at radius 1 is 1.39 bits per heavy atom. The highest BCUT2D eigenvalue weighted by Crippen LogP contribution is 2.34. The topological polar surface area (TPSA) is 28.2 Å². The molecule has 0 aliphatic carbocycles. The Kier molecular flexibility index (Phi) is 4.57. The van der Waals surface area contributed by atoms with Gasteiger partial charge in [0.2, 0.25) is 0 Å². The molecule has 1 atom stereocenters. The van der Waals surface area contributed by atoms with E-state index in [2.05, 4.69) is 22.1 Å².